The fraction of sp³-hybridized carbons (Fsp3) is 0. The van der Waals surface area contributed by atoms with Crippen LogP contribution in [0, 0.1) is 0 Å². The second kappa shape index (κ2) is 7.88. The fourth-order valence-electron chi connectivity index (χ4n) is 1.32. The normalized spacial score (nSPS) is 9.24. The SMILES string of the molecule is NNC(=O)c1ccc(O)cc1.O=Cc1cc(Cl)ccc1O. The number of carbonyl (C=O) groups excluding carboxylic acids is 2. The molecule has 110 valence electrons. The molecule has 5 N–H and O–H groups in total. The maximum atomic E-state index is 10.8. The molecular weight excluding hydrogens is 296 g/mol. The number of hydrogen-bond acceptors (Lipinski definition) is 5. The average molecular weight is 309 g/mol. The molecule has 0 saturated carbocycles. The summed E-state index contributed by atoms with van der Waals surface area (Å²) in [5.74, 6) is 4.59. The van der Waals surface area contributed by atoms with Crippen molar-refractivity contribution in [1.82, 2.24) is 5.43 Å². The van der Waals surface area contributed by atoms with Crippen LogP contribution in [-0.2, 0) is 0 Å². The topological polar surface area (TPSA) is 113 Å². The molecule has 0 aliphatic carbocycles. The van der Waals surface area contributed by atoms with E-state index in [1.807, 2.05) is 5.43 Å². The molecule has 0 radical (unpaired) electrons. The van der Waals surface area contributed by atoms with Crippen molar-refractivity contribution in [2.75, 3.05) is 0 Å². The number of halogens is 1. The Kier molecular flexibility index (Phi) is 6.19. The number of carbonyl (C=O) groups is 2. The zero-order chi connectivity index (χ0) is 15.8. The van der Waals surface area contributed by atoms with Gasteiger partial charge in [-0.25, -0.2) is 5.84 Å². The summed E-state index contributed by atoms with van der Waals surface area (Å²) in [5.41, 5.74) is 2.62. The van der Waals surface area contributed by atoms with Crippen LogP contribution in [0.3, 0.4) is 0 Å². The van der Waals surface area contributed by atoms with E-state index in [2.05, 4.69) is 0 Å². The lowest BCUT2D eigenvalue weighted by molar-refractivity contribution is 0.0953. The van der Waals surface area contributed by atoms with Crippen molar-refractivity contribution < 1.29 is 19.8 Å². The van der Waals surface area contributed by atoms with Gasteiger partial charge in [-0.1, -0.05) is 11.6 Å². The third kappa shape index (κ3) is 5.13. The number of amides is 1. The van der Waals surface area contributed by atoms with Crippen LogP contribution >= 0.6 is 11.6 Å². The summed E-state index contributed by atoms with van der Waals surface area (Å²) in [5, 5.41) is 18.2. The Morgan fingerprint density at radius 1 is 1.14 bits per heavy atom. The van der Waals surface area contributed by atoms with Crippen molar-refractivity contribution in [2.45, 2.75) is 0 Å². The van der Waals surface area contributed by atoms with Crippen LogP contribution in [0.4, 0.5) is 0 Å². The number of nitrogens with one attached hydrogen (secondary N) is 1. The summed E-state index contributed by atoms with van der Waals surface area (Å²) in [6, 6.07) is 10.1. The fourth-order valence-corrected chi connectivity index (χ4v) is 1.50. The lowest BCUT2D eigenvalue weighted by Crippen LogP contribution is -2.29. The van der Waals surface area contributed by atoms with Crippen LogP contribution < -0.4 is 11.3 Å². The molecule has 0 aliphatic rings. The van der Waals surface area contributed by atoms with Gasteiger partial charge < -0.3 is 10.2 Å². The summed E-state index contributed by atoms with van der Waals surface area (Å²) in [6.45, 7) is 0. The molecule has 1 amide bonds. The third-order valence-electron chi connectivity index (χ3n) is 2.38. The first kappa shape index (κ1) is 16.5. The van der Waals surface area contributed by atoms with Crippen LogP contribution in [0.15, 0.2) is 42.5 Å². The van der Waals surface area contributed by atoms with Gasteiger partial charge in [-0.05, 0) is 42.5 Å². The third-order valence-corrected chi connectivity index (χ3v) is 2.61. The van der Waals surface area contributed by atoms with E-state index in [0.29, 0.717) is 16.9 Å². The molecule has 2 aromatic carbocycles. The van der Waals surface area contributed by atoms with Crippen molar-refractivity contribution >= 4 is 23.8 Å². The summed E-state index contributed by atoms with van der Waals surface area (Å²) in [4.78, 5) is 21.0. The van der Waals surface area contributed by atoms with Gasteiger partial charge >= 0.3 is 0 Å². The minimum Gasteiger partial charge on any atom is -0.508 e. The molecule has 21 heavy (non-hydrogen) atoms. The van der Waals surface area contributed by atoms with Crippen LogP contribution in [0.25, 0.3) is 0 Å². The molecule has 6 nitrogen and oxygen atoms in total. The Labute approximate surface area is 125 Å². The van der Waals surface area contributed by atoms with E-state index in [9.17, 15) is 9.59 Å². The van der Waals surface area contributed by atoms with Gasteiger partial charge in [0.1, 0.15) is 11.5 Å². The monoisotopic (exact) mass is 308 g/mol. The highest BCUT2D eigenvalue weighted by Gasteiger charge is 2.00. The first-order chi connectivity index (χ1) is 9.97. The van der Waals surface area contributed by atoms with E-state index in [1.54, 1.807) is 0 Å². The predicted molar refractivity (Wildman–Crippen MR) is 78.3 cm³/mol. The Morgan fingerprint density at radius 2 is 1.76 bits per heavy atom. The number of aromatic hydroxyl groups is 2. The highest BCUT2D eigenvalue weighted by atomic mass is 35.5. The Balaban J connectivity index is 0.000000211. The molecule has 0 bridgehead atoms. The smallest absolute Gasteiger partial charge is 0.265 e. The van der Waals surface area contributed by atoms with Crippen LogP contribution in [-0.4, -0.2) is 22.4 Å². The van der Waals surface area contributed by atoms with Gasteiger partial charge in [0, 0.05) is 10.6 Å². The Bertz CT molecular complexity index is 629. The molecule has 0 fully saturated rings. The van der Waals surface area contributed by atoms with Gasteiger partial charge in [0.05, 0.1) is 5.56 Å². The maximum Gasteiger partial charge on any atom is 0.265 e. The highest BCUT2D eigenvalue weighted by molar-refractivity contribution is 6.30. The molecule has 0 spiro atoms. The predicted octanol–water partition coefficient (Wildman–Crippen LogP) is 1.85. The summed E-state index contributed by atoms with van der Waals surface area (Å²) in [6.07, 6.45) is 0.557. The minimum absolute atomic E-state index is 0.0422. The highest BCUT2D eigenvalue weighted by Crippen LogP contribution is 2.19. The number of hydrazine groups is 1. The number of nitrogens with two attached hydrogens (primary N) is 1. The van der Waals surface area contributed by atoms with Gasteiger partial charge in [0.25, 0.3) is 5.91 Å². The molecule has 2 rings (SSSR count). The first-order valence-electron chi connectivity index (χ1n) is 5.71. The first-order valence-corrected chi connectivity index (χ1v) is 6.09. The molecule has 0 saturated heterocycles. The van der Waals surface area contributed by atoms with Gasteiger partial charge in [-0.3, -0.25) is 15.0 Å². The standard InChI is InChI=1S/C7H5ClO2.C7H8N2O2/c8-6-1-2-7(10)5(3-6)4-9;8-9-7(11)5-1-3-6(10)4-2-5/h1-4,10H;1-4,10H,8H2,(H,9,11). The second-order valence-electron chi connectivity index (χ2n) is 3.84. The van der Waals surface area contributed by atoms with E-state index in [-0.39, 0.29) is 23.0 Å². The van der Waals surface area contributed by atoms with Crippen molar-refractivity contribution in [1.29, 1.82) is 0 Å². The summed E-state index contributed by atoms with van der Waals surface area (Å²) >= 11 is 5.53. The number of hydrogen-bond donors (Lipinski definition) is 4. The number of nitrogen functional groups attached to an aromatic ring is 1. The zero-order valence-electron chi connectivity index (χ0n) is 10.8. The quantitative estimate of drug-likeness (QED) is 0.293. The average Bonchev–Trinajstić information content (AvgIpc) is 2.50. The van der Waals surface area contributed by atoms with Crippen molar-refractivity contribution in [3.05, 3.63) is 58.6 Å². The molecule has 7 heteroatoms. The minimum atomic E-state index is -0.370. The van der Waals surface area contributed by atoms with E-state index in [4.69, 9.17) is 27.7 Å². The van der Waals surface area contributed by atoms with Crippen molar-refractivity contribution in [3.63, 3.8) is 0 Å². The van der Waals surface area contributed by atoms with E-state index in [0.717, 1.165) is 0 Å². The van der Waals surface area contributed by atoms with E-state index in [1.165, 1.54) is 42.5 Å². The number of benzene rings is 2. The molecular formula is C14H13ClN2O4. The Hall–Kier alpha value is -2.57. The maximum absolute atomic E-state index is 10.8. The molecule has 0 unspecified atom stereocenters. The van der Waals surface area contributed by atoms with Gasteiger partial charge in [0.2, 0.25) is 0 Å². The van der Waals surface area contributed by atoms with Crippen molar-refractivity contribution in [2.24, 2.45) is 5.84 Å². The summed E-state index contributed by atoms with van der Waals surface area (Å²) in [7, 11) is 0. The zero-order valence-corrected chi connectivity index (χ0v) is 11.5. The molecule has 2 aromatic rings. The number of rotatable bonds is 2. The van der Waals surface area contributed by atoms with Crippen LogP contribution in [0.1, 0.15) is 20.7 Å². The number of phenols is 2. The van der Waals surface area contributed by atoms with Gasteiger partial charge in [-0.15, -0.1) is 0 Å². The lowest BCUT2D eigenvalue weighted by atomic mass is 10.2. The van der Waals surface area contributed by atoms with E-state index < -0.39 is 0 Å². The number of aldehydes is 1. The molecule has 0 aromatic heterocycles. The van der Waals surface area contributed by atoms with Gasteiger partial charge in [-0.2, -0.15) is 0 Å². The molecule has 0 aliphatic heterocycles. The Morgan fingerprint density at radius 3 is 2.24 bits per heavy atom. The second-order valence-corrected chi connectivity index (χ2v) is 4.28. The van der Waals surface area contributed by atoms with Crippen molar-refractivity contribution in [3.8, 4) is 11.5 Å². The van der Waals surface area contributed by atoms with Gasteiger partial charge in [0.15, 0.2) is 6.29 Å². The summed E-state index contributed by atoms with van der Waals surface area (Å²) < 4.78 is 0. The number of phenolic OH excluding ortho intramolecular Hbond substituents is 2. The largest absolute Gasteiger partial charge is 0.508 e. The molecule has 0 atom stereocenters. The lowest BCUT2D eigenvalue weighted by Gasteiger charge is -1.97. The molecule has 0 heterocycles. The van der Waals surface area contributed by atoms with E-state index >= 15 is 0 Å². The van der Waals surface area contributed by atoms with Crippen LogP contribution in [0.5, 0.6) is 11.5 Å². The van der Waals surface area contributed by atoms with Crippen LogP contribution in [0.2, 0.25) is 5.02 Å².